The lowest BCUT2D eigenvalue weighted by Gasteiger charge is -2.12. The molecule has 2 nitrogen and oxygen atoms in total. The van der Waals surface area contributed by atoms with Gasteiger partial charge in [0.1, 0.15) is 12.4 Å². The molecule has 27 heavy (non-hydrogen) atoms. The van der Waals surface area contributed by atoms with Crippen molar-refractivity contribution < 1.29 is 4.74 Å². The molecule has 3 aromatic rings. The number of hydrogen-bond donors (Lipinski definition) is 0. The highest BCUT2D eigenvalue weighted by atomic mass is 127. The van der Waals surface area contributed by atoms with E-state index in [0.29, 0.717) is 17.2 Å². The molecule has 134 valence electrons. The van der Waals surface area contributed by atoms with Crippen molar-refractivity contribution in [3.8, 4) is 11.8 Å². The predicted octanol–water partition coefficient (Wildman–Crippen LogP) is 7.19. The number of halogens is 3. The topological polar surface area (TPSA) is 33.0 Å². The van der Waals surface area contributed by atoms with Crippen LogP contribution in [0, 0.1) is 18.5 Å². The van der Waals surface area contributed by atoms with Gasteiger partial charge in [-0.15, -0.1) is 0 Å². The first-order valence-corrected chi connectivity index (χ1v) is 10.6. The molecule has 0 fully saturated rings. The van der Waals surface area contributed by atoms with Crippen LogP contribution in [0.4, 0.5) is 0 Å². The zero-order chi connectivity index (χ0) is 19.2. The minimum atomic E-state index is 0.411. The molecule has 0 radical (unpaired) electrons. The number of hydrogen-bond acceptors (Lipinski definition) is 2. The molecule has 3 rings (SSSR count). The van der Waals surface area contributed by atoms with Crippen molar-refractivity contribution in [1.29, 1.82) is 5.26 Å². The van der Waals surface area contributed by atoms with Gasteiger partial charge in [0.25, 0.3) is 0 Å². The first-order chi connectivity index (χ1) is 13.1. The second kappa shape index (κ2) is 9.58. The number of nitriles is 1. The molecular weight excluding hydrogens is 584 g/mol. The molecule has 0 amide bonds. The standard InChI is InChI=1S/C22H14ClI2NO/c23-19-9-5-4-8-17(19)14-27-22-20(24)11-15(12-21(22)25)10-18(13-26)16-6-2-1-3-7-16/h1-12H,14H2/b18-10-. The average molecular weight is 598 g/mol. The maximum atomic E-state index is 9.51. The largest absolute Gasteiger partial charge is 0.487 e. The number of allylic oxidation sites excluding steroid dienone is 1. The number of rotatable bonds is 5. The normalized spacial score (nSPS) is 11.1. The molecule has 0 aromatic heterocycles. The Balaban J connectivity index is 1.86. The number of ether oxygens (including phenoxy) is 1. The maximum absolute atomic E-state index is 9.51. The van der Waals surface area contributed by atoms with Gasteiger partial charge in [-0.2, -0.15) is 5.26 Å². The van der Waals surface area contributed by atoms with Crippen LogP contribution in [-0.4, -0.2) is 0 Å². The Bertz CT molecular complexity index is 1000. The van der Waals surface area contributed by atoms with Crippen molar-refractivity contribution in [2.45, 2.75) is 6.61 Å². The molecule has 0 heterocycles. The quantitative estimate of drug-likeness (QED) is 0.177. The monoisotopic (exact) mass is 597 g/mol. The SMILES string of the molecule is N#C/C(=C/c1cc(I)c(OCc2ccccc2Cl)c(I)c1)c1ccccc1. The third kappa shape index (κ3) is 5.24. The van der Waals surface area contributed by atoms with Gasteiger partial charge in [0, 0.05) is 10.6 Å². The van der Waals surface area contributed by atoms with E-state index in [9.17, 15) is 5.26 Å². The maximum Gasteiger partial charge on any atom is 0.146 e. The Morgan fingerprint density at radius 3 is 2.26 bits per heavy atom. The van der Waals surface area contributed by atoms with E-state index in [0.717, 1.165) is 29.6 Å². The predicted molar refractivity (Wildman–Crippen MR) is 128 cm³/mol. The van der Waals surface area contributed by atoms with Gasteiger partial charge in [0.2, 0.25) is 0 Å². The van der Waals surface area contributed by atoms with Crippen LogP contribution in [-0.2, 0) is 6.61 Å². The molecule has 5 heteroatoms. The lowest BCUT2D eigenvalue weighted by Crippen LogP contribution is -2.00. The van der Waals surface area contributed by atoms with Crippen LogP contribution < -0.4 is 4.74 Å². The fraction of sp³-hybridized carbons (Fsp3) is 0.0455. The summed E-state index contributed by atoms with van der Waals surface area (Å²) in [5.41, 5.74) is 3.45. The molecule has 0 bridgehead atoms. The van der Waals surface area contributed by atoms with E-state index in [1.807, 2.05) is 72.8 Å². The molecule has 0 saturated heterocycles. The van der Waals surface area contributed by atoms with Crippen molar-refractivity contribution in [2.24, 2.45) is 0 Å². The van der Waals surface area contributed by atoms with Gasteiger partial charge in [-0.05, 0) is 80.6 Å². The van der Waals surface area contributed by atoms with E-state index < -0.39 is 0 Å². The van der Waals surface area contributed by atoms with Crippen LogP contribution in [0.3, 0.4) is 0 Å². The Morgan fingerprint density at radius 1 is 1.00 bits per heavy atom. The van der Waals surface area contributed by atoms with E-state index in [1.54, 1.807) is 0 Å². The van der Waals surface area contributed by atoms with Gasteiger partial charge in [-0.3, -0.25) is 0 Å². The summed E-state index contributed by atoms with van der Waals surface area (Å²) in [7, 11) is 0. The summed E-state index contributed by atoms with van der Waals surface area (Å²) in [5, 5.41) is 10.2. The first-order valence-electron chi connectivity index (χ1n) is 8.11. The molecule has 0 saturated carbocycles. The molecule has 0 atom stereocenters. The molecular formula is C22H14ClI2NO. The van der Waals surface area contributed by atoms with Crippen molar-refractivity contribution in [1.82, 2.24) is 0 Å². The third-order valence-electron chi connectivity index (χ3n) is 3.87. The van der Waals surface area contributed by atoms with E-state index in [1.165, 1.54) is 0 Å². The fourth-order valence-electron chi connectivity index (χ4n) is 2.53. The summed E-state index contributed by atoms with van der Waals surface area (Å²) in [4.78, 5) is 0. The van der Waals surface area contributed by atoms with Crippen molar-refractivity contribution in [2.75, 3.05) is 0 Å². The Hall–Kier alpha value is -1.56. The van der Waals surface area contributed by atoms with Gasteiger partial charge >= 0.3 is 0 Å². The molecule has 0 spiro atoms. The van der Waals surface area contributed by atoms with Crippen LogP contribution in [0.15, 0.2) is 66.7 Å². The van der Waals surface area contributed by atoms with Crippen LogP contribution in [0.2, 0.25) is 5.02 Å². The summed E-state index contributed by atoms with van der Waals surface area (Å²) < 4.78 is 8.00. The lowest BCUT2D eigenvalue weighted by molar-refractivity contribution is 0.302. The Kier molecular flexibility index (Phi) is 7.16. The zero-order valence-corrected chi connectivity index (χ0v) is 19.2. The van der Waals surface area contributed by atoms with Crippen LogP contribution >= 0.6 is 56.8 Å². The minimum absolute atomic E-state index is 0.411. The second-order valence-electron chi connectivity index (χ2n) is 5.73. The second-order valence-corrected chi connectivity index (χ2v) is 8.46. The van der Waals surface area contributed by atoms with Crippen LogP contribution in [0.25, 0.3) is 11.6 Å². The summed E-state index contributed by atoms with van der Waals surface area (Å²) in [6.45, 7) is 0.411. The first kappa shape index (κ1) is 20.2. The smallest absolute Gasteiger partial charge is 0.146 e. The molecule has 0 unspecified atom stereocenters. The molecule has 0 N–H and O–H groups in total. The number of nitrogens with zero attached hydrogens (tertiary/aromatic N) is 1. The highest BCUT2D eigenvalue weighted by Gasteiger charge is 2.10. The summed E-state index contributed by atoms with van der Waals surface area (Å²) in [5.74, 6) is 0.825. The highest BCUT2D eigenvalue weighted by Crippen LogP contribution is 2.31. The highest BCUT2D eigenvalue weighted by molar-refractivity contribution is 14.1. The van der Waals surface area contributed by atoms with Crippen molar-refractivity contribution in [3.63, 3.8) is 0 Å². The van der Waals surface area contributed by atoms with Gasteiger partial charge in [-0.1, -0.05) is 60.1 Å². The fourth-order valence-corrected chi connectivity index (χ4v) is 4.85. The van der Waals surface area contributed by atoms with E-state index in [2.05, 4.69) is 51.3 Å². The average Bonchev–Trinajstić information content (AvgIpc) is 2.67. The van der Waals surface area contributed by atoms with Crippen molar-refractivity contribution >= 4 is 68.4 Å². The van der Waals surface area contributed by atoms with E-state index >= 15 is 0 Å². The lowest BCUT2D eigenvalue weighted by atomic mass is 10.0. The van der Waals surface area contributed by atoms with E-state index in [-0.39, 0.29) is 0 Å². The van der Waals surface area contributed by atoms with E-state index in [4.69, 9.17) is 16.3 Å². The summed E-state index contributed by atoms with van der Waals surface area (Å²) >= 11 is 10.7. The third-order valence-corrected chi connectivity index (χ3v) is 5.84. The number of benzene rings is 3. The Labute approximate surface area is 191 Å². The van der Waals surface area contributed by atoms with Gasteiger partial charge in [0.05, 0.1) is 18.8 Å². The minimum Gasteiger partial charge on any atom is -0.487 e. The van der Waals surface area contributed by atoms with Crippen molar-refractivity contribution in [3.05, 3.63) is 95.6 Å². The van der Waals surface area contributed by atoms with Gasteiger partial charge in [-0.25, -0.2) is 0 Å². The van der Waals surface area contributed by atoms with Gasteiger partial charge < -0.3 is 4.74 Å². The van der Waals surface area contributed by atoms with Gasteiger partial charge in [0.15, 0.2) is 0 Å². The molecule has 3 aromatic carbocycles. The van der Waals surface area contributed by atoms with Crippen LogP contribution in [0.1, 0.15) is 16.7 Å². The molecule has 0 aliphatic rings. The zero-order valence-electron chi connectivity index (χ0n) is 14.1. The summed E-state index contributed by atoms with van der Waals surface area (Å²) in [6.07, 6.45) is 1.90. The Morgan fingerprint density at radius 2 is 1.63 bits per heavy atom. The molecule has 0 aliphatic carbocycles. The summed E-state index contributed by atoms with van der Waals surface area (Å²) in [6, 6.07) is 23.7. The molecule has 0 aliphatic heterocycles. The van der Waals surface area contributed by atoms with Crippen LogP contribution in [0.5, 0.6) is 5.75 Å².